The van der Waals surface area contributed by atoms with Gasteiger partial charge in [-0.05, 0) is 61.0 Å². The van der Waals surface area contributed by atoms with E-state index < -0.39 is 6.23 Å². The van der Waals surface area contributed by atoms with Crippen molar-refractivity contribution in [2.75, 3.05) is 26.2 Å². The van der Waals surface area contributed by atoms with E-state index in [1.54, 1.807) is 4.90 Å². The predicted octanol–water partition coefficient (Wildman–Crippen LogP) is 4.82. The van der Waals surface area contributed by atoms with E-state index in [-0.39, 0.29) is 5.91 Å². The first kappa shape index (κ1) is 19.6. The first-order valence-corrected chi connectivity index (χ1v) is 11.0. The normalized spacial score (nSPS) is 20.1. The van der Waals surface area contributed by atoms with Gasteiger partial charge in [-0.15, -0.1) is 0 Å². The van der Waals surface area contributed by atoms with E-state index in [1.165, 1.54) is 5.56 Å². The molecule has 2 heterocycles. The zero-order valence-electron chi connectivity index (χ0n) is 16.8. The van der Waals surface area contributed by atoms with Gasteiger partial charge in [0.2, 0.25) is 0 Å². The number of carbonyl (C=O) groups excluding carboxylic acids is 1. The first-order chi connectivity index (χ1) is 14.6. The van der Waals surface area contributed by atoms with Crippen molar-refractivity contribution in [1.82, 2.24) is 9.80 Å². The molecule has 1 amide bonds. The Morgan fingerprint density at radius 3 is 2.37 bits per heavy atom. The summed E-state index contributed by atoms with van der Waals surface area (Å²) in [6.45, 7) is 3.29. The number of carbonyl (C=O) groups is 1. The molecule has 0 bridgehead atoms. The maximum atomic E-state index is 13.1. The van der Waals surface area contributed by atoms with Crippen molar-refractivity contribution >= 4 is 28.3 Å². The molecule has 2 aliphatic heterocycles. The van der Waals surface area contributed by atoms with Crippen LogP contribution in [0.1, 0.15) is 46.5 Å². The average molecular weight is 421 g/mol. The second-order valence-electron chi connectivity index (χ2n) is 8.29. The van der Waals surface area contributed by atoms with E-state index in [1.807, 2.05) is 48.5 Å². The molecule has 1 atom stereocenters. The summed E-state index contributed by atoms with van der Waals surface area (Å²) in [5.41, 5.74) is 2.87. The zero-order chi connectivity index (χ0) is 20.7. The molecule has 154 valence electrons. The molecule has 3 aromatic carbocycles. The van der Waals surface area contributed by atoms with Crippen LogP contribution in [0.5, 0.6) is 0 Å². The molecule has 0 aliphatic carbocycles. The Bertz CT molecular complexity index is 1070. The maximum absolute atomic E-state index is 13.1. The summed E-state index contributed by atoms with van der Waals surface area (Å²) in [7, 11) is 0. The minimum absolute atomic E-state index is 0.0807. The van der Waals surface area contributed by atoms with Gasteiger partial charge in [0.05, 0.1) is 0 Å². The van der Waals surface area contributed by atoms with Crippen LogP contribution in [0.3, 0.4) is 0 Å². The summed E-state index contributed by atoms with van der Waals surface area (Å²) in [5, 5.41) is 13.6. The Hall–Kier alpha value is -2.40. The highest BCUT2D eigenvalue weighted by atomic mass is 35.5. The number of halogens is 1. The van der Waals surface area contributed by atoms with Gasteiger partial charge in [-0.2, -0.15) is 0 Å². The lowest BCUT2D eigenvalue weighted by Gasteiger charge is -2.37. The number of hydrogen-bond acceptors (Lipinski definition) is 3. The fraction of sp³-hybridized carbons (Fsp3) is 0.320. The maximum Gasteiger partial charge on any atom is 0.256 e. The lowest BCUT2D eigenvalue weighted by Crippen LogP contribution is -2.44. The quantitative estimate of drug-likeness (QED) is 0.658. The predicted molar refractivity (Wildman–Crippen MR) is 120 cm³/mol. The molecule has 1 N–H and O–H groups in total. The van der Waals surface area contributed by atoms with Gasteiger partial charge in [0, 0.05) is 34.6 Å². The lowest BCUT2D eigenvalue weighted by atomic mass is 9.89. The molecule has 5 rings (SSSR count). The second-order valence-corrected chi connectivity index (χ2v) is 8.73. The summed E-state index contributed by atoms with van der Waals surface area (Å²) in [6.07, 6.45) is 1.31. The highest BCUT2D eigenvalue weighted by molar-refractivity contribution is 6.30. The highest BCUT2D eigenvalue weighted by Crippen LogP contribution is 2.35. The third-order valence-electron chi connectivity index (χ3n) is 6.59. The molecule has 4 nitrogen and oxygen atoms in total. The largest absolute Gasteiger partial charge is 0.369 e. The van der Waals surface area contributed by atoms with Crippen LogP contribution >= 0.6 is 11.6 Å². The molecule has 1 unspecified atom stereocenters. The van der Waals surface area contributed by atoms with Gasteiger partial charge in [-0.25, -0.2) is 0 Å². The monoisotopic (exact) mass is 420 g/mol. The minimum atomic E-state index is -0.886. The van der Waals surface area contributed by atoms with E-state index in [2.05, 4.69) is 17.0 Å². The summed E-state index contributed by atoms with van der Waals surface area (Å²) < 4.78 is 0. The fourth-order valence-electron chi connectivity index (χ4n) is 4.89. The molecule has 0 aromatic heterocycles. The zero-order valence-corrected chi connectivity index (χ0v) is 17.6. The van der Waals surface area contributed by atoms with Crippen molar-refractivity contribution in [2.24, 2.45) is 0 Å². The van der Waals surface area contributed by atoms with Crippen molar-refractivity contribution < 1.29 is 9.90 Å². The van der Waals surface area contributed by atoms with Crippen LogP contribution in [0.4, 0.5) is 0 Å². The number of hydrogen-bond donors (Lipinski definition) is 1. The number of likely N-dealkylation sites (tertiary alicyclic amines) is 1. The molecule has 0 radical (unpaired) electrons. The average Bonchev–Trinajstić information content (AvgIpc) is 2.78. The van der Waals surface area contributed by atoms with Crippen LogP contribution in [0.2, 0.25) is 5.02 Å². The number of benzene rings is 3. The topological polar surface area (TPSA) is 43.8 Å². The number of nitrogens with zero attached hydrogens (tertiary/aromatic N) is 2. The third kappa shape index (κ3) is 3.49. The van der Waals surface area contributed by atoms with E-state index in [0.717, 1.165) is 53.8 Å². The Morgan fingerprint density at radius 1 is 0.933 bits per heavy atom. The number of aliphatic hydroxyl groups excluding tert-OH is 1. The Balaban J connectivity index is 1.24. The number of aliphatic hydroxyl groups is 1. The van der Waals surface area contributed by atoms with Crippen molar-refractivity contribution in [3.05, 3.63) is 82.4 Å². The summed E-state index contributed by atoms with van der Waals surface area (Å²) in [4.78, 5) is 17.1. The Morgan fingerprint density at radius 2 is 1.63 bits per heavy atom. The molecule has 30 heavy (non-hydrogen) atoms. The van der Waals surface area contributed by atoms with Gasteiger partial charge in [-0.3, -0.25) is 4.79 Å². The standard InChI is InChI=1S/C25H25ClN2O2/c26-20-9-7-17(8-10-20)18-11-13-27(14-12-18)15-16-28-24(29)21-5-1-3-19-4-2-6-22(23(19)21)25(28)30/h1-10,18,24,29H,11-16H2. The molecular weight excluding hydrogens is 396 g/mol. The third-order valence-corrected chi connectivity index (χ3v) is 6.84. The molecule has 1 saturated heterocycles. The van der Waals surface area contributed by atoms with Crippen LogP contribution < -0.4 is 0 Å². The summed E-state index contributed by atoms with van der Waals surface area (Å²) in [5.74, 6) is 0.480. The van der Waals surface area contributed by atoms with Crippen LogP contribution in [-0.4, -0.2) is 47.0 Å². The van der Waals surface area contributed by atoms with Gasteiger partial charge in [0.25, 0.3) is 5.91 Å². The molecule has 0 saturated carbocycles. The van der Waals surface area contributed by atoms with Crippen molar-refractivity contribution in [1.29, 1.82) is 0 Å². The minimum Gasteiger partial charge on any atom is -0.369 e. The van der Waals surface area contributed by atoms with Crippen molar-refractivity contribution in [3.63, 3.8) is 0 Å². The SMILES string of the molecule is O=C1c2cccc3cccc(c23)C(O)N1CCN1CCC(c2ccc(Cl)cc2)CC1. The first-order valence-electron chi connectivity index (χ1n) is 10.6. The molecule has 5 heteroatoms. The van der Waals surface area contributed by atoms with Crippen molar-refractivity contribution in [3.8, 4) is 0 Å². The lowest BCUT2D eigenvalue weighted by molar-refractivity contribution is 0.000257. The van der Waals surface area contributed by atoms with Gasteiger partial charge in [0.1, 0.15) is 0 Å². The number of piperidine rings is 1. The smallest absolute Gasteiger partial charge is 0.256 e. The summed E-state index contributed by atoms with van der Waals surface area (Å²) >= 11 is 6.01. The summed E-state index contributed by atoms with van der Waals surface area (Å²) in [6, 6.07) is 19.8. The van der Waals surface area contributed by atoms with Crippen LogP contribution in [0, 0.1) is 0 Å². The van der Waals surface area contributed by atoms with Crippen molar-refractivity contribution in [2.45, 2.75) is 25.0 Å². The van der Waals surface area contributed by atoms with E-state index >= 15 is 0 Å². The molecule has 3 aromatic rings. The van der Waals surface area contributed by atoms with Crippen LogP contribution in [-0.2, 0) is 0 Å². The van der Waals surface area contributed by atoms with E-state index in [4.69, 9.17) is 11.6 Å². The Kier molecular flexibility index (Phi) is 5.23. The number of amides is 1. The molecule has 2 aliphatic rings. The van der Waals surface area contributed by atoms with Crippen LogP contribution in [0.15, 0.2) is 60.7 Å². The highest BCUT2D eigenvalue weighted by Gasteiger charge is 2.33. The fourth-order valence-corrected chi connectivity index (χ4v) is 5.02. The van der Waals surface area contributed by atoms with Crippen LogP contribution in [0.25, 0.3) is 10.8 Å². The molecular formula is C25H25ClN2O2. The molecule has 0 spiro atoms. The van der Waals surface area contributed by atoms with Gasteiger partial charge >= 0.3 is 0 Å². The van der Waals surface area contributed by atoms with Gasteiger partial charge in [-0.1, -0.05) is 54.1 Å². The molecule has 1 fully saturated rings. The van der Waals surface area contributed by atoms with E-state index in [0.29, 0.717) is 18.0 Å². The Labute approximate surface area is 181 Å². The van der Waals surface area contributed by atoms with Gasteiger partial charge < -0.3 is 14.9 Å². The number of rotatable bonds is 4. The van der Waals surface area contributed by atoms with E-state index in [9.17, 15) is 9.90 Å². The second kappa shape index (κ2) is 8.03. The van der Waals surface area contributed by atoms with Gasteiger partial charge in [0.15, 0.2) is 6.23 Å².